The summed E-state index contributed by atoms with van der Waals surface area (Å²) in [6, 6.07) is 6.08. The number of nitrogens with one attached hydrogen (secondary N) is 1. The molecule has 0 bridgehead atoms. The second-order valence-electron chi connectivity index (χ2n) is 4.60. The molecule has 0 saturated heterocycles. The van der Waals surface area contributed by atoms with Gasteiger partial charge in [0.15, 0.2) is 11.6 Å². The Morgan fingerprint density at radius 2 is 2.19 bits per heavy atom. The molecule has 1 aromatic carbocycles. The maximum atomic E-state index is 13.3. The smallest absolute Gasteiger partial charge is 0.269 e. The maximum Gasteiger partial charge on any atom is 0.269 e. The summed E-state index contributed by atoms with van der Waals surface area (Å²) in [6.45, 7) is 0.461. The number of carbonyl (C=O) groups excluding carboxylic acids is 2. The number of para-hydroxylation sites is 1. The molecule has 2 rings (SSSR count). The topological polar surface area (TPSA) is 71.0 Å². The molecule has 1 aliphatic rings. The van der Waals surface area contributed by atoms with Crippen LogP contribution in [0.4, 0.5) is 4.39 Å². The van der Waals surface area contributed by atoms with Crippen molar-refractivity contribution in [2.45, 2.75) is 12.8 Å². The van der Waals surface area contributed by atoms with E-state index < -0.39 is 5.82 Å². The Morgan fingerprint density at radius 3 is 2.86 bits per heavy atom. The predicted octanol–water partition coefficient (Wildman–Crippen LogP) is 0.929. The van der Waals surface area contributed by atoms with Crippen molar-refractivity contribution in [1.82, 2.24) is 10.3 Å². The molecule has 0 aromatic heterocycles. The average Bonchev–Trinajstić information content (AvgIpc) is 2.49. The van der Waals surface area contributed by atoms with E-state index in [9.17, 15) is 14.0 Å². The summed E-state index contributed by atoms with van der Waals surface area (Å²) in [5.41, 5.74) is 2.59. The van der Waals surface area contributed by atoms with Gasteiger partial charge in [0.1, 0.15) is 12.3 Å². The normalized spacial score (nSPS) is 14.2. The molecule has 1 aromatic rings. The number of hydrogen-bond donors (Lipinski definition) is 1. The first-order valence-electron chi connectivity index (χ1n) is 6.56. The molecule has 1 aliphatic heterocycles. The van der Waals surface area contributed by atoms with Gasteiger partial charge < -0.3 is 9.64 Å². The van der Waals surface area contributed by atoms with Crippen LogP contribution in [-0.4, -0.2) is 42.6 Å². The molecule has 0 fully saturated rings. The zero-order valence-corrected chi connectivity index (χ0v) is 11.6. The van der Waals surface area contributed by atoms with Crippen molar-refractivity contribution >= 4 is 17.5 Å². The van der Waals surface area contributed by atoms with Crippen LogP contribution in [0.2, 0.25) is 0 Å². The molecule has 0 saturated carbocycles. The van der Waals surface area contributed by atoms with Crippen LogP contribution < -0.4 is 10.2 Å². The predicted molar refractivity (Wildman–Crippen MR) is 74.3 cm³/mol. The Morgan fingerprint density at radius 1 is 1.43 bits per heavy atom. The van der Waals surface area contributed by atoms with Crippen LogP contribution in [0.3, 0.4) is 0 Å². The van der Waals surface area contributed by atoms with E-state index in [0.29, 0.717) is 18.7 Å². The van der Waals surface area contributed by atoms with E-state index in [-0.39, 0.29) is 30.6 Å². The number of halogens is 1. The summed E-state index contributed by atoms with van der Waals surface area (Å²) < 4.78 is 18.6. The second kappa shape index (κ2) is 6.83. The third-order valence-electron chi connectivity index (χ3n) is 3.02. The fraction of sp³-hybridized carbons (Fsp3) is 0.357. The zero-order chi connectivity index (χ0) is 15.2. The van der Waals surface area contributed by atoms with Crippen molar-refractivity contribution in [2.24, 2.45) is 5.10 Å². The van der Waals surface area contributed by atoms with E-state index in [2.05, 4.69) is 10.5 Å². The molecule has 0 aliphatic carbocycles. The van der Waals surface area contributed by atoms with Crippen LogP contribution in [0.25, 0.3) is 0 Å². The van der Waals surface area contributed by atoms with Gasteiger partial charge in [0, 0.05) is 19.9 Å². The SMILES string of the molecule is CN(CCOc1ccccc1F)C(=O)C1=NNC(=O)CC1. The van der Waals surface area contributed by atoms with Gasteiger partial charge in [-0.05, 0) is 12.1 Å². The molecule has 1 heterocycles. The van der Waals surface area contributed by atoms with Gasteiger partial charge in [-0.1, -0.05) is 12.1 Å². The van der Waals surface area contributed by atoms with Crippen molar-refractivity contribution in [3.8, 4) is 5.75 Å². The molecular formula is C14H16FN3O3. The number of amides is 2. The highest BCUT2D eigenvalue weighted by molar-refractivity contribution is 6.39. The summed E-state index contributed by atoms with van der Waals surface area (Å²) in [5.74, 6) is -0.754. The van der Waals surface area contributed by atoms with Gasteiger partial charge in [-0.15, -0.1) is 0 Å². The van der Waals surface area contributed by atoms with Crippen molar-refractivity contribution in [3.63, 3.8) is 0 Å². The molecule has 21 heavy (non-hydrogen) atoms. The third kappa shape index (κ3) is 4.01. The number of nitrogens with zero attached hydrogens (tertiary/aromatic N) is 2. The van der Waals surface area contributed by atoms with Crippen molar-refractivity contribution in [1.29, 1.82) is 0 Å². The first-order chi connectivity index (χ1) is 10.1. The molecule has 7 heteroatoms. The Hall–Kier alpha value is -2.44. The summed E-state index contributed by atoms with van der Waals surface area (Å²) >= 11 is 0. The number of benzene rings is 1. The number of carbonyl (C=O) groups is 2. The molecule has 0 spiro atoms. The van der Waals surface area contributed by atoms with E-state index in [4.69, 9.17) is 4.74 Å². The molecule has 0 unspecified atom stereocenters. The first-order valence-corrected chi connectivity index (χ1v) is 6.56. The summed E-state index contributed by atoms with van der Waals surface area (Å²) in [4.78, 5) is 24.4. The minimum atomic E-state index is -0.439. The monoisotopic (exact) mass is 293 g/mol. The highest BCUT2D eigenvalue weighted by atomic mass is 19.1. The van der Waals surface area contributed by atoms with Crippen LogP contribution in [0.15, 0.2) is 29.4 Å². The molecule has 0 radical (unpaired) electrons. The minimum absolute atomic E-state index is 0.153. The number of rotatable bonds is 5. The Kier molecular flexibility index (Phi) is 4.86. The van der Waals surface area contributed by atoms with Gasteiger partial charge in [0.25, 0.3) is 5.91 Å². The summed E-state index contributed by atoms with van der Waals surface area (Å²) in [7, 11) is 1.60. The van der Waals surface area contributed by atoms with Crippen LogP contribution in [0.1, 0.15) is 12.8 Å². The van der Waals surface area contributed by atoms with Gasteiger partial charge in [-0.25, -0.2) is 9.82 Å². The van der Waals surface area contributed by atoms with Crippen LogP contribution in [-0.2, 0) is 9.59 Å². The van der Waals surface area contributed by atoms with Gasteiger partial charge in [-0.3, -0.25) is 9.59 Å². The highest BCUT2D eigenvalue weighted by Gasteiger charge is 2.21. The van der Waals surface area contributed by atoms with Gasteiger partial charge in [0.05, 0.1) is 6.54 Å². The third-order valence-corrected chi connectivity index (χ3v) is 3.02. The lowest BCUT2D eigenvalue weighted by molar-refractivity contribution is -0.123. The summed E-state index contributed by atoms with van der Waals surface area (Å²) in [6.07, 6.45) is 0.577. The zero-order valence-electron chi connectivity index (χ0n) is 11.6. The number of likely N-dealkylation sites (N-methyl/N-ethyl adjacent to an activating group) is 1. The lowest BCUT2D eigenvalue weighted by Crippen LogP contribution is -2.39. The molecule has 1 N–H and O–H groups in total. The van der Waals surface area contributed by atoms with Crippen molar-refractivity contribution in [2.75, 3.05) is 20.2 Å². The van der Waals surface area contributed by atoms with Crippen LogP contribution >= 0.6 is 0 Å². The molecule has 2 amide bonds. The lowest BCUT2D eigenvalue weighted by atomic mass is 10.1. The van der Waals surface area contributed by atoms with Gasteiger partial charge >= 0.3 is 0 Å². The van der Waals surface area contributed by atoms with Crippen molar-refractivity contribution in [3.05, 3.63) is 30.1 Å². The van der Waals surface area contributed by atoms with E-state index in [1.165, 1.54) is 17.0 Å². The van der Waals surface area contributed by atoms with E-state index >= 15 is 0 Å². The Bertz CT molecular complexity index is 574. The minimum Gasteiger partial charge on any atom is -0.489 e. The lowest BCUT2D eigenvalue weighted by Gasteiger charge is -2.20. The van der Waals surface area contributed by atoms with Gasteiger partial charge in [-0.2, -0.15) is 5.10 Å². The number of hydrazone groups is 1. The van der Waals surface area contributed by atoms with E-state index in [1.54, 1.807) is 19.2 Å². The summed E-state index contributed by atoms with van der Waals surface area (Å²) in [5, 5.41) is 3.74. The quantitative estimate of drug-likeness (QED) is 0.878. The fourth-order valence-corrected chi connectivity index (χ4v) is 1.80. The van der Waals surface area contributed by atoms with Crippen LogP contribution in [0.5, 0.6) is 5.75 Å². The molecule has 0 atom stereocenters. The average molecular weight is 293 g/mol. The Balaban J connectivity index is 1.82. The second-order valence-corrected chi connectivity index (χ2v) is 4.60. The molecule has 6 nitrogen and oxygen atoms in total. The molecular weight excluding hydrogens is 277 g/mol. The van der Waals surface area contributed by atoms with E-state index in [0.717, 1.165) is 0 Å². The van der Waals surface area contributed by atoms with Gasteiger partial charge in [0.2, 0.25) is 5.91 Å². The first kappa shape index (κ1) is 15.0. The largest absolute Gasteiger partial charge is 0.489 e. The standard InChI is InChI=1S/C14H16FN3O3/c1-18(14(20)11-6-7-13(19)17-16-11)8-9-21-12-5-3-2-4-10(12)15/h2-5H,6-9H2,1H3,(H,17,19). The number of hydrogen-bond acceptors (Lipinski definition) is 4. The Labute approximate surface area is 121 Å². The molecule has 112 valence electrons. The van der Waals surface area contributed by atoms with Crippen LogP contribution in [0, 0.1) is 5.82 Å². The maximum absolute atomic E-state index is 13.3. The van der Waals surface area contributed by atoms with E-state index in [1.807, 2.05) is 0 Å². The highest BCUT2D eigenvalue weighted by Crippen LogP contribution is 2.15. The number of ether oxygens (including phenoxy) is 1. The van der Waals surface area contributed by atoms with Crippen molar-refractivity contribution < 1.29 is 18.7 Å². The fourth-order valence-electron chi connectivity index (χ4n) is 1.80.